The molecule has 1 heterocycles. The van der Waals surface area contributed by atoms with Crippen LogP contribution in [0.4, 0.5) is 0 Å². The second-order valence-corrected chi connectivity index (χ2v) is 4.24. The molecule has 3 rings (SSSR count). The van der Waals surface area contributed by atoms with Gasteiger partial charge in [0.15, 0.2) is 0 Å². The maximum atomic E-state index is 4.11. The summed E-state index contributed by atoms with van der Waals surface area (Å²) in [5.41, 5.74) is 5.70. The summed E-state index contributed by atoms with van der Waals surface area (Å²) in [5, 5.41) is 0. The van der Waals surface area contributed by atoms with E-state index in [0.29, 0.717) is 5.92 Å². The highest BCUT2D eigenvalue weighted by atomic mass is 35.5. The first-order valence-corrected chi connectivity index (χ1v) is 5.43. The molecule has 1 atom stereocenters. The first-order chi connectivity index (χ1) is 7.36. The lowest BCUT2D eigenvalue weighted by atomic mass is 9.97. The van der Waals surface area contributed by atoms with Crippen LogP contribution in [-0.4, -0.2) is 9.97 Å². The predicted molar refractivity (Wildman–Crippen MR) is 67.2 cm³/mol. The van der Waals surface area contributed by atoms with Crippen LogP contribution >= 0.6 is 12.4 Å². The first kappa shape index (κ1) is 11.2. The topological polar surface area (TPSA) is 28.7 Å². The minimum Gasteiger partial charge on any atom is -0.348 e. The SMILES string of the molecule is Cc1cccc2c1CCC2c1cnc[nH]1.Cl. The minimum atomic E-state index is 0. The number of nitrogens with one attached hydrogen (secondary N) is 1. The van der Waals surface area contributed by atoms with Crippen molar-refractivity contribution in [3.63, 3.8) is 0 Å². The Morgan fingerprint density at radius 3 is 3.00 bits per heavy atom. The average molecular weight is 235 g/mol. The van der Waals surface area contributed by atoms with Crippen LogP contribution in [-0.2, 0) is 6.42 Å². The summed E-state index contributed by atoms with van der Waals surface area (Å²) in [6, 6.07) is 6.61. The van der Waals surface area contributed by atoms with Gasteiger partial charge in [-0.3, -0.25) is 0 Å². The number of fused-ring (bicyclic) bond motifs is 1. The molecule has 1 aliphatic rings. The number of H-pyrrole nitrogens is 1. The van der Waals surface area contributed by atoms with E-state index in [9.17, 15) is 0 Å². The number of nitrogens with zero attached hydrogens (tertiary/aromatic N) is 1. The van der Waals surface area contributed by atoms with Crippen LogP contribution in [0.2, 0.25) is 0 Å². The van der Waals surface area contributed by atoms with E-state index in [-0.39, 0.29) is 12.4 Å². The van der Waals surface area contributed by atoms with Crippen LogP contribution in [0.5, 0.6) is 0 Å². The number of benzene rings is 1. The fourth-order valence-corrected chi connectivity index (χ4v) is 2.62. The Bertz CT molecular complexity index is 477. The zero-order valence-corrected chi connectivity index (χ0v) is 10.1. The number of hydrogen-bond acceptors (Lipinski definition) is 1. The second-order valence-electron chi connectivity index (χ2n) is 4.24. The molecule has 1 N–H and O–H groups in total. The third-order valence-corrected chi connectivity index (χ3v) is 3.40. The Kier molecular flexibility index (Phi) is 3.01. The van der Waals surface area contributed by atoms with E-state index in [0.717, 1.165) is 0 Å². The molecule has 0 amide bonds. The molecule has 3 heteroatoms. The number of hydrogen-bond donors (Lipinski definition) is 1. The van der Waals surface area contributed by atoms with Crippen molar-refractivity contribution in [3.8, 4) is 0 Å². The zero-order chi connectivity index (χ0) is 10.3. The van der Waals surface area contributed by atoms with Gasteiger partial charge in [-0.1, -0.05) is 18.2 Å². The molecule has 1 aliphatic carbocycles. The third-order valence-electron chi connectivity index (χ3n) is 3.40. The molecule has 0 saturated heterocycles. The molecule has 1 unspecified atom stereocenters. The van der Waals surface area contributed by atoms with Gasteiger partial charge < -0.3 is 4.98 Å². The maximum absolute atomic E-state index is 4.11. The van der Waals surface area contributed by atoms with Gasteiger partial charge in [-0.2, -0.15) is 0 Å². The number of aromatic amines is 1. The molecule has 16 heavy (non-hydrogen) atoms. The highest BCUT2D eigenvalue weighted by Crippen LogP contribution is 2.38. The highest BCUT2D eigenvalue weighted by molar-refractivity contribution is 5.85. The van der Waals surface area contributed by atoms with E-state index >= 15 is 0 Å². The van der Waals surface area contributed by atoms with E-state index in [1.807, 2.05) is 6.20 Å². The molecule has 2 aromatic rings. The van der Waals surface area contributed by atoms with Gasteiger partial charge in [-0.05, 0) is 36.5 Å². The molecule has 0 fully saturated rings. The van der Waals surface area contributed by atoms with Gasteiger partial charge >= 0.3 is 0 Å². The summed E-state index contributed by atoms with van der Waals surface area (Å²) in [7, 11) is 0. The van der Waals surface area contributed by atoms with Crippen LogP contribution in [0.15, 0.2) is 30.7 Å². The van der Waals surface area contributed by atoms with Crippen LogP contribution in [0.25, 0.3) is 0 Å². The lowest BCUT2D eigenvalue weighted by Crippen LogP contribution is -1.96. The van der Waals surface area contributed by atoms with Crippen molar-refractivity contribution in [3.05, 3.63) is 53.1 Å². The smallest absolute Gasteiger partial charge is 0.0921 e. The van der Waals surface area contributed by atoms with Gasteiger partial charge in [0, 0.05) is 17.8 Å². The molecule has 0 bridgehead atoms. The van der Waals surface area contributed by atoms with E-state index < -0.39 is 0 Å². The second kappa shape index (κ2) is 4.30. The Hall–Kier alpha value is -1.28. The van der Waals surface area contributed by atoms with Crippen LogP contribution in [0.3, 0.4) is 0 Å². The monoisotopic (exact) mass is 234 g/mol. The van der Waals surface area contributed by atoms with Crippen LogP contribution in [0, 0.1) is 6.92 Å². The third kappa shape index (κ3) is 1.63. The van der Waals surface area contributed by atoms with Gasteiger partial charge in [0.2, 0.25) is 0 Å². The van der Waals surface area contributed by atoms with Crippen LogP contribution < -0.4 is 0 Å². The molecular weight excluding hydrogens is 220 g/mol. The lowest BCUT2D eigenvalue weighted by Gasteiger charge is -2.09. The molecule has 1 aromatic heterocycles. The lowest BCUT2D eigenvalue weighted by molar-refractivity contribution is 0.766. The molecule has 2 nitrogen and oxygen atoms in total. The average Bonchev–Trinajstić information content (AvgIpc) is 2.85. The van der Waals surface area contributed by atoms with E-state index in [1.165, 1.54) is 35.2 Å². The summed E-state index contributed by atoms with van der Waals surface area (Å²) in [6.45, 7) is 2.20. The number of rotatable bonds is 1. The van der Waals surface area contributed by atoms with Gasteiger partial charge in [-0.15, -0.1) is 12.4 Å². The Balaban J connectivity index is 0.000000963. The molecule has 0 saturated carbocycles. The van der Waals surface area contributed by atoms with Crippen molar-refractivity contribution >= 4 is 12.4 Å². The fraction of sp³-hybridized carbons (Fsp3) is 0.308. The number of halogens is 1. The van der Waals surface area contributed by atoms with Crippen molar-refractivity contribution in [1.29, 1.82) is 0 Å². The van der Waals surface area contributed by atoms with Crippen molar-refractivity contribution in [2.24, 2.45) is 0 Å². The van der Waals surface area contributed by atoms with Crippen molar-refractivity contribution in [2.45, 2.75) is 25.7 Å². The minimum absolute atomic E-state index is 0. The maximum Gasteiger partial charge on any atom is 0.0921 e. The molecule has 0 radical (unpaired) electrons. The molecule has 0 aliphatic heterocycles. The zero-order valence-electron chi connectivity index (χ0n) is 9.23. The fourth-order valence-electron chi connectivity index (χ4n) is 2.62. The van der Waals surface area contributed by atoms with Crippen LogP contribution in [0.1, 0.15) is 34.7 Å². The Labute approximate surface area is 102 Å². The summed E-state index contributed by atoms with van der Waals surface area (Å²) in [5.74, 6) is 0.530. The van der Waals surface area contributed by atoms with Gasteiger partial charge in [0.05, 0.1) is 6.33 Å². The molecular formula is C13H15ClN2. The standard InChI is InChI=1S/C13H14N2.ClH/c1-9-3-2-4-11-10(9)5-6-12(11)13-7-14-8-15-13;/h2-4,7-8,12H,5-6H2,1H3,(H,14,15);1H. The summed E-state index contributed by atoms with van der Waals surface area (Å²) < 4.78 is 0. The van der Waals surface area contributed by atoms with Gasteiger partial charge in [0.25, 0.3) is 0 Å². The van der Waals surface area contributed by atoms with Crippen molar-refractivity contribution < 1.29 is 0 Å². The first-order valence-electron chi connectivity index (χ1n) is 5.43. The van der Waals surface area contributed by atoms with E-state index in [1.54, 1.807) is 6.33 Å². The van der Waals surface area contributed by atoms with Gasteiger partial charge in [0.1, 0.15) is 0 Å². The summed E-state index contributed by atoms with van der Waals surface area (Å²) in [4.78, 5) is 7.33. The Morgan fingerprint density at radius 2 is 2.25 bits per heavy atom. The quantitative estimate of drug-likeness (QED) is 0.807. The molecule has 1 aromatic carbocycles. The molecule has 84 valence electrons. The highest BCUT2D eigenvalue weighted by Gasteiger charge is 2.25. The molecule has 0 spiro atoms. The predicted octanol–water partition coefficient (Wildman–Crippen LogP) is 3.22. The largest absolute Gasteiger partial charge is 0.348 e. The summed E-state index contributed by atoms with van der Waals surface area (Å²) >= 11 is 0. The normalized spacial score (nSPS) is 17.9. The van der Waals surface area contributed by atoms with Crippen molar-refractivity contribution in [2.75, 3.05) is 0 Å². The van der Waals surface area contributed by atoms with Crippen molar-refractivity contribution in [1.82, 2.24) is 9.97 Å². The van der Waals surface area contributed by atoms with Gasteiger partial charge in [-0.25, -0.2) is 4.98 Å². The number of aromatic nitrogens is 2. The van der Waals surface area contributed by atoms with E-state index in [4.69, 9.17) is 0 Å². The Morgan fingerprint density at radius 1 is 1.38 bits per heavy atom. The van der Waals surface area contributed by atoms with E-state index in [2.05, 4.69) is 35.1 Å². The number of aryl methyl sites for hydroxylation is 1. The number of imidazole rings is 1. The summed E-state index contributed by atoms with van der Waals surface area (Å²) in [6.07, 6.45) is 6.12.